The molecule has 1 atom stereocenters. The van der Waals surface area contributed by atoms with Crippen LogP contribution in [-0.4, -0.2) is 18.8 Å². The van der Waals surface area contributed by atoms with Crippen LogP contribution in [0.2, 0.25) is 0 Å². The first-order valence-corrected chi connectivity index (χ1v) is 6.95. The molecular weight excluding hydrogens is 239 g/mol. The van der Waals surface area contributed by atoms with E-state index in [4.69, 9.17) is 0 Å². The Bertz CT molecular complexity index is 258. The number of hydrogen-bond donors (Lipinski definition) is 1. The van der Waals surface area contributed by atoms with Crippen LogP contribution in [0, 0.1) is 0 Å². The second-order valence-electron chi connectivity index (χ2n) is 5.22. The lowest BCUT2D eigenvalue weighted by Gasteiger charge is -2.16. The summed E-state index contributed by atoms with van der Waals surface area (Å²) < 4.78 is 35.9. The van der Waals surface area contributed by atoms with E-state index in [0.717, 1.165) is 13.0 Å². The molecule has 0 fully saturated rings. The van der Waals surface area contributed by atoms with Crippen LogP contribution >= 0.6 is 0 Å². The van der Waals surface area contributed by atoms with E-state index in [2.05, 4.69) is 11.4 Å². The first-order valence-electron chi connectivity index (χ1n) is 6.95. The zero-order valence-electron chi connectivity index (χ0n) is 11.2. The maximum absolute atomic E-state index is 12.0. The van der Waals surface area contributed by atoms with Crippen molar-refractivity contribution < 1.29 is 13.2 Å². The van der Waals surface area contributed by atoms with Crippen molar-refractivity contribution in [2.24, 2.45) is 0 Å². The predicted molar refractivity (Wildman–Crippen MR) is 68.5 cm³/mol. The molecule has 0 saturated carbocycles. The summed E-state index contributed by atoms with van der Waals surface area (Å²) in [6, 6.07) is 0.177. The van der Waals surface area contributed by atoms with E-state index in [0.29, 0.717) is 6.42 Å². The largest absolute Gasteiger partial charge is 0.389 e. The van der Waals surface area contributed by atoms with E-state index in [1.165, 1.54) is 31.3 Å². The van der Waals surface area contributed by atoms with Crippen molar-refractivity contribution in [1.29, 1.82) is 0 Å². The van der Waals surface area contributed by atoms with Gasteiger partial charge in [0.1, 0.15) is 0 Å². The maximum Gasteiger partial charge on any atom is 0.389 e. The molecule has 0 bridgehead atoms. The Morgan fingerprint density at radius 2 is 2.11 bits per heavy atom. The van der Waals surface area contributed by atoms with Crippen molar-refractivity contribution in [2.75, 3.05) is 6.54 Å². The fourth-order valence-electron chi connectivity index (χ4n) is 2.32. The third-order valence-corrected chi connectivity index (χ3v) is 3.42. The molecule has 0 heterocycles. The average Bonchev–Trinajstić information content (AvgIpc) is 2.28. The Morgan fingerprint density at radius 3 is 2.72 bits per heavy atom. The van der Waals surface area contributed by atoms with Gasteiger partial charge >= 0.3 is 6.18 Å². The van der Waals surface area contributed by atoms with Gasteiger partial charge in [-0.25, -0.2) is 0 Å². The molecule has 106 valence electrons. The Balaban J connectivity index is 2.02. The fraction of sp³-hybridized carbons (Fsp3) is 0.857. The van der Waals surface area contributed by atoms with Gasteiger partial charge in [-0.15, -0.1) is 0 Å². The molecule has 0 saturated heterocycles. The summed E-state index contributed by atoms with van der Waals surface area (Å²) in [6.45, 7) is 2.85. The lowest BCUT2D eigenvalue weighted by atomic mass is 9.97. The Morgan fingerprint density at radius 1 is 1.33 bits per heavy atom. The van der Waals surface area contributed by atoms with Crippen LogP contribution in [0.3, 0.4) is 0 Å². The minimum atomic E-state index is -4.01. The number of rotatable bonds is 7. The number of nitrogens with one attached hydrogen (secondary N) is 1. The van der Waals surface area contributed by atoms with Gasteiger partial charge in [-0.1, -0.05) is 11.6 Å². The van der Waals surface area contributed by atoms with Gasteiger partial charge in [0.15, 0.2) is 0 Å². The van der Waals surface area contributed by atoms with E-state index in [9.17, 15) is 13.2 Å². The highest BCUT2D eigenvalue weighted by Crippen LogP contribution is 2.23. The van der Waals surface area contributed by atoms with Gasteiger partial charge in [0.05, 0.1) is 0 Å². The quantitative estimate of drug-likeness (QED) is 0.662. The first-order chi connectivity index (χ1) is 8.47. The van der Waals surface area contributed by atoms with Crippen LogP contribution in [0.1, 0.15) is 58.3 Å². The van der Waals surface area contributed by atoms with Crippen molar-refractivity contribution in [3.05, 3.63) is 11.6 Å². The van der Waals surface area contributed by atoms with Gasteiger partial charge in [-0.3, -0.25) is 0 Å². The summed E-state index contributed by atoms with van der Waals surface area (Å²) in [6.07, 6.45) is 4.48. The summed E-state index contributed by atoms with van der Waals surface area (Å²) in [5.41, 5.74) is 1.51. The fourth-order valence-corrected chi connectivity index (χ4v) is 2.32. The van der Waals surface area contributed by atoms with Crippen molar-refractivity contribution >= 4 is 0 Å². The molecule has 1 aliphatic rings. The minimum absolute atomic E-state index is 0.177. The molecule has 0 aliphatic heterocycles. The van der Waals surface area contributed by atoms with Crippen molar-refractivity contribution in [1.82, 2.24) is 5.32 Å². The molecule has 0 aromatic heterocycles. The molecule has 0 aromatic carbocycles. The molecule has 1 aliphatic carbocycles. The lowest BCUT2D eigenvalue weighted by Crippen LogP contribution is -2.27. The van der Waals surface area contributed by atoms with E-state index in [-0.39, 0.29) is 12.5 Å². The number of alkyl halides is 3. The summed E-state index contributed by atoms with van der Waals surface area (Å²) in [7, 11) is 0. The zero-order chi connectivity index (χ0) is 13.4. The van der Waals surface area contributed by atoms with Crippen LogP contribution in [0.5, 0.6) is 0 Å². The van der Waals surface area contributed by atoms with Crippen molar-refractivity contribution in [2.45, 2.75) is 70.5 Å². The Labute approximate surface area is 108 Å². The summed E-state index contributed by atoms with van der Waals surface area (Å²) in [4.78, 5) is 0. The van der Waals surface area contributed by atoms with Gasteiger partial charge in [0, 0.05) is 12.5 Å². The monoisotopic (exact) mass is 263 g/mol. The van der Waals surface area contributed by atoms with Gasteiger partial charge < -0.3 is 5.32 Å². The maximum atomic E-state index is 12.0. The standard InChI is InChI=1S/C14H24F3N/c1-12(6-5-10-14(15,16)17)18-11-9-13-7-3-2-4-8-13/h7,12,18H,2-6,8-11H2,1H3. The molecule has 1 unspecified atom stereocenters. The topological polar surface area (TPSA) is 12.0 Å². The molecule has 1 N–H and O–H groups in total. The van der Waals surface area contributed by atoms with Gasteiger partial charge in [0.2, 0.25) is 0 Å². The minimum Gasteiger partial charge on any atom is -0.314 e. The molecule has 0 aromatic rings. The summed E-state index contributed by atoms with van der Waals surface area (Å²) in [5, 5.41) is 3.31. The zero-order valence-corrected chi connectivity index (χ0v) is 11.2. The summed E-state index contributed by atoms with van der Waals surface area (Å²) >= 11 is 0. The third-order valence-electron chi connectivity index (χ3n) is 3.42. The van der Waals surface area contributed by atoms with Crippen molar-refractivity contribution in [3.63, 3.8) is 0 Å². The first kappa shape index (κ1) is 15.5. The van der Waals surface area contributed by atoms with Crippen LogP contribution in [-0.2, 0) is 0 Å². The van der Waals surface area contributed by atoms with Crippen LogP contribution in [0.4, 0.5) is 13.2 Å². The number of allylic oxidation sites excluding steroid dienone is 1. The highest BCUT2D eigenvalue weighted by atomic mass is 19.4. The van der Waals surface area contributed by atoms with Crippen LogP contribution in [0.25, 0.3) is 0 Å². The van der Waals surface area contributed by atoms with Crippen LogP contribution in [0.15, 0.2) is 11.6 Å². The molecule has 0 amide bonds. The lowest BCUT2D eigenvalue weighted by molar-refractivity contribution is -0.135. The van der Waals surface area contributed by atoms with Gasteiger partial charge in [0.25, 0.3) is 0 Å². The number of hydrogen-bond acceptors (Lipinski definition) is 1. The second-order valence-corrected chi connectivity index (χ2v) is 5.22. The molecule has 4 heteroatoms. The van der Waals surface area contributed by atoms with E-state index < -0.39 is 12.6 Å². The van der Waals surface area contributed by atoms with E-state index in [1.54, 1.807) is 0 Å². The van der Waals surface area contributed by atoms with Gasteiger partial charge in [-0.2, -0.15) is 13.2 Å². The SMILES string of the molecule is CC(CCCC(F)(F)F)NCCC1=CCCCC1. The normalized spacial score (nSPS) is 18.6. The molecule has 18 heavy (non-hydrogen) atoms. The Kier molecular flexibility index (Phi) is 6.76. The predicted octanol–water partition coefficient (Wildman–Crippen LogP) is 4.59. The number of halogens is 3. The second kappa shape index (κ2) is 7.82. The van der Waals surface area contributed by atoms with E-state index in [1.807, 2.05) is 6.92 Å². The third kappa shape index (κ3) is 7.75. The van der Waals surface area contributed by atoms with Crippen LogP contribution < -0.4 is 5.32 Å². The molecular formula is C14H24F3N. The van der Waals surface area contributed by atoms with E-state index >= 15 is 0 Å². The average molecular weight is 263 g/mol. The highest BCUT2D eigenvalue weighted by Gasteiger charge is 2.26. The van der Waals surface area contributed by atoms with Gasteiger partial charge in [-0.05, 0) is 58.4 Å². The smallest absolute Gasteiger partial charge is 0.314 e. The molecule has 1 nitrogen and oxygen atoms in total. The van der Waals surface area contributed by atoms with Crippen molar-refractivity contribution in [3.8, 4) is 0 Å². The highest BCUT2D eigenvalue weighted by molar-refractivity contribution is 5.05. The summed E-state index contributed by atoms with van der Waals surface area (Å²) in [5.74, 6) is 0. The Hall–Kier alpha value is -0.510. The molecule has 0 radical (unpaired) electrons. The molecule has 0 spiro atoms. The molecule has 1 rings (SSSR count).